The van der Waals surface area contributed by atoms with Crippen molar-refractivity contribution in [2.24, 2.45) is 0 Å². The van der Waals surface area contributed by atoms with Gasteiger partial charge in [-0.2, -0.15) is 0 Å². The van der Waals surface area contributed by atoms with Crippen LogP contribution in [0.3, 0.4) is 0 Å². The monoisotopic (exact) mass is 622 g/mol. The van der Waals surface area contributed by atoms with E-state index in [1.165, 1.54) is 13.8 Å². The Morgan fingerprint density at radius 2 is 1.38 bits per heavy atom. The van der Waals surface area contributed by atoms with Crippen molar-refractivity contribution in [3.8, 4) is 0 Å². The number of carbonyl (C=O) groups excluding carboxylic acids is 2. The minimum atomic E-state index is -3.17. The second-order valence-corrected chi connectivity index (χ2v) is 10.6. The molecule has 0 saturated heterocycles. The predicted octanol–water partition coefficient (Wildman–Crippen LogP) is -1.93. The first-order chi connectivity index (χ1) is 16.7. The molecule has 3 N–H and O–H groups in total. The van der Waals surface area contributed by atoms with E-state index < -0.39 is 19.7 Å². The van der Waals surface area contributed by atoms with Gasteiger partial charge < -0.3 is 25.6 Å². The second-order valence-electron chi connectivity index (χ2n) is 5.92. The number of aliphatic hydroxyl groups is 1. The van der Waals surface area contributed by atoms with Gasteiger partial charge in [-0.05, 0) is 0 Å². The van der Waals surface area contributed by atoms with Crippen LogP contribution < -0.4 is 45.3 Å². The molecule has 0 bridgehead atoms. The molecule has 0 aromatic rings. The number of halogens is 2. The Labute approximate surface area is 254 Å². The van der Waals surface area contributed by atoms with Gasteiger partial charge in [-0.25, -0.2) is 16.8 Å². The SMILES string of the molecule is C=CS(=O)(=O)C=C.C=CS(=O)(=O)CCOCCNC(C)=O.CC(=O)NCCO.CCCC[O-].ClCCl.[Na+]. The van der Waals surface area contributed by atoms with Crippen molar-refractivity contribution in [1.82, 2.24) is 10.6 Å². The number of aliphatic hydroxyl groups excluding tert-OH is 1. The molecule has 0 atom stereocenters. The topological polar surface area (TPSA) is 179 Å². The summed E-state index contributed by atoms with van der Waals surface area (Å²) in [5.74, 6) is -0.308. The van der Waals surface area contributed by atoms with E-state index in [9.17, 15) is 31.5 Å². The first kappa shape index (κ1) is 49.5. The molecule has 0 aromatic carbocycles. The predicted molar refractivity (Wildman–Crippen MR) is 145 cm³/mol. The van der Waals surface area contributed by atoms with Crippen molar-refractivity contribution >= 4 is 54.7 Å². The summed E-state index contributed by atoms with van der Waals surface area (Å²) in [5, 5.41) is 25.4. The van der Waals surface area contributed by atoms with Crippen LogP contribution in [0.2, 0.25) is 0 Å². The van der Waals surface area contributed by atoms with Gasteiger partial charge in [0, 0.05) is 43.2 Å². The largest absolute Gasteiger partial charge is 1.00 e. The van der Waals surface area contributed by atoms with E-state index >= 15 is 0 Å². The summed E-state index contributed by atoms with van der Waals surface area (Å²) in [7, 11) is -6.30. The molecule has 0 aliphatic heterocycles. The van der Waals surface area contributed by atoms with Crippen LogP contribution in [0.15, 0.2) is 36.0 Å². The van der Waals surface area contributed by atoms with Gasteiger partial charge in [0.25, 0.3) is 0 Å². The molecule has 0 rings (SSSR count). The average Bonchev–Trinajstić information content (AvgIpc) is 2.82. The van der Waals surface area contributed by atoms with Crippen LogP contribution in [0.5, 0.6) is 0 Å². The van der Waals surface area contributed by atoms with Gasteiger partial charge in [-0.3, -0.25) is 9.59 Å². The van der Waals surface area contributed by atoms with Crippen molar-refractivity contribution in [3.05, 3.63) is 36.0 Å². The fourth-order valence-corrected chi connectivity index (χ4v) is 1.76. The molecule has 37 heavy (non-hydrogen) atoms. The molecule has 11 nitrogen and oxygen atoms in total. The van der Waals surface area contributed by atoms with Crippen molar-refractivity contribution in [2.45, 2.75) is 33.6 Å². The van der Waals surface area contributed by atoms with Crippen LogP contribution in [-0.4, -0.2) is 84.4 Å². The van der Waals surface area contributed by atoms with Crippen molar-refractivity contribution in [1.29, 1.82) is 0 Å². The quantitative estimate of drug-likeness (QED) is 0.120. The fourth-order valence-electron chi connectivity index (χ4n) is 1.10. The summed E-state index contributed by atoms with van der Waals surface area (Å²) in [6.07, 6.45) is 1.86. The number of carbonyl (C=O) groups is 2. The van der Waals surface area contributed by atoms with Crippen LogP contribution in [-0.2, 0) is 34.0 Å². The maximum absolute atomic E-state index is 10.9. The van der Waals surface area contributed by atoms with Gasteiger partial charge in [-0.15, -0.1) is 29.8 Å². The number of unbranched alkanes of at least 4 members (excludes halogenated alkanes) is 1. The molecular formula is C21H41Cl2N2NaO9S2. The molecule has 2 amide bonds. The van der Waals surface area contributed by atoms with Crippen LogP contribution in [0.4, 0.5) is 0 Å². The Hall–Kier alpha value is -0.480. The van der Waals surface area contributed by atoms with E-state index in [-0.39, 0.29) is 72.3 Å². The molecule has 0 radical (unpaired) electrons. The standard InChI is InChI=1S/C8H15NO4S.C4H9NO2.C4H6O2S.C4H9O.CH2Cl2.Na/c1-3-14(11,12)7-6-13-5-4-9-8(2)10;1-4(7)5-2-3-6;1-3-7(5,6)4-2;1-2-3-4-5;2-1-3;/h3H,1,4-7H2,2H3,(H,9,10);6H,2-3H2,1H3,(H,5,7);3-4H,1-2H2;2-4H2,1H3;1H2;/q;;;-1;;+1. The van der Waals surface area contributed by atoms with E-state index in [1.807, 2.05) is 6.92 Å². The molecule has 0 saturated carbocycles. The van der Waals surface area contributed by atoms with Crippen LogP contribution >= 0.6 is 23.2 Å². The van der Waals surface area contributed by atoms with Crippen LogP contribution in [0.25, 0.3) is 0 Å². The molecule has 0 aliphatic carbocycles. The summed E-state index contributed by atoms with van der Waals surface area (Å²) < 4.78 is 47.0. The molecule has 16 heteroatoms. The van der Waals surface area contributed by atoms with Gasteiger partial charge in [-0.1, -0.05) is 39.5 Å². The second kappa shape index (κ2) is 37.7. The molecule has 0 fully saturated rings. The van der Waals surface area contributed by atoms with Crippen molar-refractivity contribution < 1.29 is 70.9 Å². The zero-order chi connectivity index (χ0) is 29.5. The minimum absolute atomic E-state index is 0. The van der Waals surface area contributed by atoms with E-state index in [2.05, 4.69) is 30.4 Å². The third kappa shape index (κ3) is 66.4. The third-order valence-corrected chi connectivity index (χ3v) is 5.01. The zero-order valence-electron chi connectivity index (χ0n) is 22.2. The summed E-state index contributed by atoms with van der Waals surface area (Å²) in [5.41, 5.74) is 0. The Kier molecular flexibility index (Phi) is 50.4. The smallest absolute Gasteiger partial charge is 0.854 e. The van der Waals surface area contributed by atoms with Crippen molar-refractivity contribution in [2.75, 3.05) is 50.6 Å². The number of rotatable bonds is 13. The van der Waals surface area contributed by atoms with E-state index in [1.54, 1.807) is 0 Å². The molecule has 0 aliphatic rings. The molecular weight excluding hydrogens is 582 g/mol. The Bertz CT molecular complexity index is 752. The number of hydrogen-bond acceptors (Lipinski definition) is 9. The zero-order valence-corrected chi connectivity index (χ0v) is 27.4. The van der Waals surface area contributed by atoms with Gasteiger partial charge in [0.15, 0.2) is 19.7 Å². The third-order valence-electron chi connectivity index (χ3n) is 2.83. The van der Waals surface area contributed by atoms with Crippen molar-refractivity contribution in [3.63, 3.8) is 0 Å². The maximum Gasteiger partial charge on any atom is 1.00 e. The molecule has 0 unspecified atom stereocenters. The van der Waals surface area contributed by atoms with E-state index in [0.29, 0.717) is 19.7 Å². The van der Waals surface area contributed by atoms with Gasteiger partial charge in [0.05, 0.1) is 30.9 Å². The maximum atomic E-state index is 10.9. The number of ether oxygens (including phenoxy) is 1. The van der Waals surface area contributed by atoms with Gasteiger partial charge >= 0.3 is 29.6 Å². The van der Waals surface area contributed by atoms with Crippen LogP contribution in [0, 0.1) is 0 Å². The Morgan fingerprint density at radius 1 is 0.946 bits per heavy atom. The number of hydrogen-bond donors (Lipinski definition) is 3. The first-order valence-corrected chi connectivity index (χ1v) is 14.8. The fraction of sp³-hybridized carbons (Fsp3) is 0.619. The molecule has 0 heterocycles. The minimum Gasteiger partial charge on any atom is -0.854 e. The molecule has 216 valence electrons. The number of nitrogens with one attached hydrogen (secondary N) is 2. The average molecular weight is 624 g/mol. The van der Waals surface area contributed by atoms with Crippen LogP contribution in [0.1, 0.15) is 33.6 Å². The molecule has 0 aromatic heterocycles. The van der Waals surface area contributed by atoms with Gasteiger partial charge in [0.1, 0.15) is 0 Å². The summed E-state index contributed by atoms with van der Waals surface area (Å²) in [6.45, 7) is 15.4. The van der Waals surface area contributed by atoms with E-state index in [0.717, 1.165) is 29.1 Å². The molecule has 0 spiro atoms. The number of sulfone groups is 2. The summed E-state index contributed by atoms with van der Waals surface area (Å²) in [4.78, 5) is 20.4. The first-order valence-electron chi connectivity index (χ1n) is 10.4. The normalized spacial score (nSPS) is 9.27. The summed E-state index contributed by atoms with van der Waals surface area (Å²) in [6, 6.07) is 0. The Balaban J connectivity index is -0.0000000891. The van der Waals surface area contributed by atoms with E-state index in [4.69, 9.17) is 33.0 Å². The number of amides is 2. The summed E-state index contributed by atoms with van der Waals surface area (Å²) >= 11 is 9.53. The van der Waals surface area contributed by atoms with Gasteiger partial charge in [0.2, 0.25) is 11.8 Å². The number of alkyl halides is 2. The Morgan fingerprint density at radius 3 is 1.59 bits per heavy atom.